The molecule has 70 valence electrons. The number of quaternary nitrogens is 2. The Morgan fingerprint density at radius 2 is 1.67 bits per heavy atom. The first-order chi connectivity index (χ1) is 4.61. The number of rotatable bonds is 0. The van der Waals surface area contributed by atoms with Gasteiger partial charge >= 0.3 is 0 Å². The van der Waals surface area contributed by atoms with Crippen LogP contribution in [-0.4, -0.2) is 5.11 Å². The molecule has 0 amide bonds. The van der Waals surface area contributed by atoms with Crippen molar-refractivity contribution in [1.82, 2.24) is 0 Å². The van der Waals surface area contributed by atoms with Crippen molar-refractivity contribution >= 4 is 11.4 Å². The van der Waals surface area contributed by atoms with Crippen molar-refractivity contribution in [3.8, 4) is 5.75 Å². The molecule has 0 fully saturated rings. The van der Waals surface area contributed by atoms with Gasteiger partial charge in [-0.05, 0) is 6.92 Å². The van der Waals surface area contributed by atoms with Gasteiger partial charge in [0.1, 0.15) is 5.69 Å². The number of benzene rings is 1. The van der Waals surface area contributed by atoms with Crippen molar-refractivity contribution in [2.24, 2.45) is 0 Å². The topological polar surface area (TPSA) is 75.5 Å². The van der Waals surface area contributed by atoms with Gasteiger partial charge in [-0.15, -0.1) is 0 Å². The van der Waals surface area contributed by atoms with E-state index in [0.29, 0.717) is 5.69 Å². The second-order valence-electron chi connectivity index (χ2n) is 2.42. The van der Waals surface area contributed by atoms with Crippen LogP contribution in [-0.2, 0) is 0 Å². The van der Waals surface area contributed by atoms with E-state index in [1.807, 2.05) is 13.0 Å². The molecule has 0 saturated heterocycles. The maximum atomic E-state index is 9.24. The summed E-state index contributed by atoms with van der Waals surface area (Å²) < 4.78 is 0. The average molecular weight is 211 g/mol. The van der Waals surface area contributed by atoms with Crippen LogP contribution in [0.5, 0.6) is 5.75 Å². The fraction of sp³-hybridized carbons (Fsp3) is 0.143. The Kier molecular flexibility index (Phi) is 6.11. The third-order valence-electron chi connectivity index (χ3n) is 1.44. The minimum Gasteiger partial charge on any atom is -1.00 e. The summed E-state index contributed by atoms with van der Waals surface area (Å²) in [5.41, 5.74) is 9.75. The Balaban J connectivity index is 0. The zero-order chi connectivity index (χ0) is 7.72. The van der Waals surface area contributed by atoms with E-state index in [1.165, 1.54) is 0 Å². The second kappa shape index (κ2) is 5.22. The highest BCUT2D eigenvalue weighted by atomic mass is 35.5. The predicted molar refractivity (Wildman–Crippen MR) is 37.9 cm³/mol. The highest BCUT2D eigenvalue weighted by Gasteiger charge is 2.05. The van der Waals surface area contributed by atoms with E-state index in [-0.39, 0.29) is 30.6 Å². The SMILES string of the molecule is Cc1cc([NH3+])cc([NH3+])c1O.[Cl-].[Cl-]. The summed E-state index contributed by atoms with van der Waals surface area (Å²) in [4.78, 5) is 0. The van der Waals surface area contributed by atoms with Crippen molar-refractivity contribution in [1.29, 1.82) is 0 Å². The number of hydrogen-bond donors (Lipinski definition) is 3. The Hall–Kier alpha value is -0.480. The van der Waals surface area contributed by atoms with E-state index < -0.39 is 0 Å². The normalized spacial score (nSPS) is 8.25. The molecule has 1 aromatic carbocycles. The van der Waals surface area contributed by atoms with Crippen molar-refractivity contribution in [3.63, 3.8) is 0 Å². The van der Waals surface area contributed by atoms with Gasteiger partial charge in [0.2, 0.25) is 0 Å². The van der Waals surface area contributed by atoms with Gasteiger partial charge in [-0.25, -0.2) is 0 Å². The summed E-state index contributed by atoms with van der Waals surface area (Å²) >= 11 is 0. The molecule has 1 aromatic rings. The zero-order valence-corrected chi connectivity index (χ0v) is 8.28. The lowest BCUT2D eigenvalue weighted by Gasteiger charge is -1.97. The van der Waals surface area contributed by atoms with Crippen molar-refractivity contribution < 1.29 is 41.4 Å². The highest BCUT2D eigenvalue weighted by Crippen LogP contribution is 2.24. The number of aromatic hydroxyl groups is 1. The molecule has 12 heavy (non-hydrogen) atoms. The molecule has 0 aliphatic carbocycles. The minimum atomic E-state index is 0. The fourth-order valence-electron chi connectivity index (χ4n) is 0.934. The van der Waals surface area contributed by atoms with Gasteiger partial charge in [0.25, 0.3) is 0 Å². The molecule has 0 aliphatic rings. The van der Waals surface area contributed by atoms with Gasteiger partial charge in [0.15, 0.2) is 11.4 Å². The lowest BCUT2D eigenvalue weighted by Crippen LogP contribution is -3.00. The minimum absolute atomic E-state index is 0. The molecule has 7 N–H and O–H groups in total. The first kappa shape index (κ1) is 14.1. The first-order valence-electron chi connectivity index (χ1n) is 3.09. The first-order valence-corrected chi connectivity index (χ1v) is 3.09. The van der Waals surface area contributed by atoms with Crippen LogP contribution in [0.4, 0.5) is 11.4 Å². The monoisotopic (exact) mass is 210 g/mol. The summed E-state index contributed by atoms with van der Waals surface area (Å²) in [6.45, 7) is 1.83. The molecule has 0 heterocycles. The standard InChI is InChI=1S/C7H10N2O.2ClH/c1-4-2-5(8)3-6(9)7(4)10;;/h2-3,10H,8-9H2,1H3;2*1H. The van der Waals surface area contributed by atoms with Gasteiger partial charge in [0, 0.05) is 11.6 Å². The van der Waals surface area contributed by atoms with Crippen molar-refractivity contribution in [2.45, 2.75) is 6.92 Å². The van der Waals surface area contributed by atoms with E-state index in [0.717, 1.165) is 11.3 Å². The molecule has 0 aliphatic heterocycles. The van der Waals surface area contributed by atoms with Crippen molar-refractivity contribution in [3.05, 3.63) is 17.7 Å². The van der Waals surface area contributed by atoms with Crippen molar-refractivity contribution in [2.75, 3.05) is 0 Å². The number of halogens is 2. The molecule has 0 atom stereocenters. The quantitative estimate of drug-likeness (QED) is 0.392. The summed E-state index contributed by atoms with van der Waals surface area (Å²) in [5, 5.41) is 9.24. The number of phenolic OH excluding ortho intramolecular Hbond substituents is 1. The Morgan fingerprint density at radius 3 is 2.08 bits per heavy atom. The van der Waals surface area contributed by atoms with E-state index >= 15 is 0 Å². The van der Waals surface area contributed by atoms with Crippen LogP contribution in [0.15, 0.2) is 12.1 Å². The van der Waals surface area contributed by atoms with E-state index in [9.17, 15) is 5.11 Å². The summed E-state index contributed by atoms with van der Waals surface area (Å²) in [6.07, 6.45) is 0. The number of aryl methyl sites for hydroxylation is 1. The summed E-state index contributed by atoms with van der Waals surface area (Å²) in [7, 11) is 0. The van der Waals surface area contributed by atoms with E-state index in [2.05, 4.69) is 11.5 Å². The van der Waals surface area contributed by atoms with E-state index in [4.69, 9.17) is 0 Å². The zero-order valence-electron chi connectivity index (χ0n) is 6.77. The Morgan fingerprint density at radius 1 is 1.17 bits per heavy atom. The highest BCUT2D eigenvalue weighted by molar-refractivity contribution is 5.55. The number of hydrogen-bond acceptors (Lipinski definition) is 1. The lowest BCUT2D eigenvalue weighted by atomic mass is 10.2. The molecular formula is C7H12Cl2N2O. The Labute approximate surface area is 83.6 Å². The number of phenols is 1. The Bertz CT molecular complexity index is 243. The fourth-order valence-corrected chi connectivity index (χ4v) is 0.934. The third-order valence-corrected chi connectivity index (χ3v) is 1.44. The molecular weight excluding hydrogens is 199 g/mol. The molecule has 3 nitrogen and oxygen atoms in total. The molecule has 0 aromatic heterocycles. The molecule has 0 unspecified atom stereocenters. The second-order valence-corrected chi connectivity index (χ2v) is 2.42. The van der Waals surface area contributed by atoms with Crippen LogP contribution in [0.1, 0.15) is 5.56 Å². The smallest absolute Gasteiger partial charge is 0.180 e. The van der Waals surface area contributed by atoms with Crippen LogP contribution in [0.25, 0.3) is 0 Å². The molecule has 0 bridgehead atoms. The van der Waals surface area contributed by atoms with Gasteiger partial charge in [-0.1, -0.05) is 0 Å². The maximum absolute atomic E-state index is 9.24. The lowest BCUT2D eigenvalue weighted by molar-refractivity contribution is -0.266. The molecule has 5 heteroatoms. The van der Waals surface area contributed by atoms with Gasteiger partial charge in [0.05, 0.1) is 6.07 Å². The predicted octanol–water partition coefficient (Wildman–Crippen LogP) is -6.54. The van der Waals surface area contributed by atoms with Gasteiger partial charge in [-0.2, -0.15) is 0 Å². The van der Waals surface area contributed by atoms with Gasteiger partial charge < -0.3 is 41.4 Å². The largest absolute Gasteiger partial charge is 1.00 e. The van der Waals surface area contributed by atoms with Crippen LogP contribution in [0.3, 0.4) is 0 Å². The van der Waals surface area contributed by atoms with Crippen LogP contribution < -0.4 is 36.3 Å². The molecule has 0 radical (unpaired) electrons. The average Bonchev–Trinajstić information content (AvgIpc) is 1.82. The van der Waals surface area contributed by atoms with Crippen LogP contribution in [0, 0.1) is 6.92 Å². The summed E-state index contributed by atoms with van der Waals surface area (Å²) in [5.74, 6) is 0.271. The van der Waals surface area contributed by atoms with Crippen LogP contribution in [0.2, 0.25) is 0 Å². The maximum Gasteiger partial charge on any atom is 0.180 e. The molecule has 0 spiro atoms. The molecule has 1 rings (SSSR count). The van der Waals surface area contributed by atoms with Crippen LogP contribution >= 0.6 is 0 Å². The molecule has 0 saturated carbocycles. The van der Waals surface area contributed by atoms with E-state index in [1.54, 1.807) is 6.07 Å². The third kappa shape index (κ3) is 2.87. The van der Waals surface area contributed by atoms with Gasteiger partial charge in [-0.3, -0.25) is 0 Å². The summed E-state index contributed by atoms with van der Waals surface area (Å²) in [6, 6.07) is 3.58.